The van der Waals surface area contributed by atoms with Gasteiger partial charge < -0.3 is 16.0 Å². The zero-order valence-electron chi connectivity index (χ0n) is 19.8. The Kier molecular flexibility index (Phi) is 8.71. The van der Waals surface area contributed by atoms with Gasteiger partial charge in [-0.2, -0.15) is 0 Å². The minimum atomic E-state index is -0.255. The quantitative estimate of drug-likeness (QED) is 0.471. The molecule has 6 heteroatoms. The van der Waals surface area contributed by atoms with E-state index >= 15 is 0 Å². The molecule has 30 heavy (non-hydrogen) atoms. The summed E-state index contributed by atoms with van der Waals surface area (Å²) in [7, 11) is 0. The van der Waals surface area contributed by atoms with E-state index in [2.05, 4.69) is 41.6 Å². The van der Waals surface area contributed by atoms with Gasteiger partial charge >= 0.3 is 0 Å². The van der Waals surface area contributed by atoms with Crippen molar-refractivity contribution in [1.82, 2.24) is 20.9 Å². The molecular formula is C24H41N5O. The average Bonchev–Trinajstić information content (AvgIpc) is 2.70. The maximum absolute atomic E-state index is 12.4. The van der Waals surface area contributed by atoms with E-state index in [1.165, 1.54) is 32.4 Å². The summed E-state index contributed by atoms with van der Waals surface area (Å²) in [6.07, 6.45) is 3.92. The van der Waals surface area contributed by atoms with Crippen LogP contribution < -0.4 is 16.0 Å². The van der Waals surface area contributed by atoms with Crippen LogP contribution in [0.3, 0.4) is 0 Å². The molecule has 1 aliphatic rings. The van der Waals surface area contributed by atoms with Gasteiger partial charge in [0.25, 0.3) is 5.91 Å². The number of rotatable bonds is 7. The minimum Gasteiger partial charge on any atom is -0.357 e. The van der Waals surface area contributed by atoms with Gasteiger partial charge in [0.1, 0.15) is 0 Å². The van der Waals surface area contributed by atoms with Gasteiger partial charge in [0.15, 0.2) is 5.96 Å². The smallest absolute Gasteiger partial charge is 0.251 e. The Morgan fingerprint density at radius 3 is 2.40 bits per heavy atom. The molecule has 1 amide bonds. The molecule has 0 atom stereocenters. The van der Waals surface area contributed by atoms with Crippen molar-refractivity contribution in [1.29, 1.82) is 0 Å². The third-order valence-corrected chi connectivity index (χ3v) is 5.34. The van der Waals surface area contributed by atoms with E-state index in [0.29, 0.717) is 12.1 Å². The summed E-state index contributed by atoms with van der Waals surface area (Å²) in [4.78, 5) is 19.8. The maximum atomic E-state index is 12.4. The zero-order valence-corrected chi connectivity index (χ0v) is 19.8. The van der Waals surface area contributed by atoms with Crippen LogP contribution in [0.4, 0.5) is 0 Å². The molecule has 0 spiro atoms. The number of amides is 1. The lowest BCUT2D eigenvalue weighted by Crippen LogP contribution is -2.54. The normalized spacial score (nSPS) is 16.3. The molecule has 6 nitrogen and oxygen atoms in total. The van der Waals surface area contributed by atoms with E-state index < -0.39 is 0 Å². The number of carbonyl (C=O) groups excluding carboxylic acids is 1. The lowest BCUT2D eigenvalue weighted by Gasteiger charge is -2.41. The Labute approximate surface area is 182 Å². The second kappa shape index (κ2) is 10.8. The molecule has 1 heterocycles. The lowest BCUT2D eigenvalue weighted by molar-refractivity contribution is 0.0919. The summed E-state index contributed by atoms with van der Waals surface area (Å²) >= 11 is 0. The minimum absolute atomic E-state index is 0.0540. The highest BCUT2D eigenvalue weighted by Crippen LogP contribution is 2.19. The number of benzene rings is 1. The molecule has 1 aliphatic heterocycles. The summed E-state index contributed by atoms with van der Waals surface area (Å²) in [5.74, 6) is 0.758. The summed E-state index contributed by atoms with van der Waals surface area (Å²) < 4.78 is 0. The van der Waals surface area contributed by atoms with Crippen LogP contribution in [0.5, 0.6) is 0 Å². The topological polar surface area (TPSA) is 68.8 Å². The maximum Gasteiger partial charge on any atom is 0.251 e. The van der Waals surface area contributed by atoms with Crippen LogP contribution in [0.25, 0.3) is 0 Å². The number of nitrogens with one attached hydrogen (secondary N) is 3. The molecule has 1 aromatic carbocycles. The molecule has 0 radical (unpaired) electrons. The second-order valence-corrected chi connectivity index (χ2v) is 9.81. The molecule has 0 saturated carbocycles. The van der Waals surface area contributed by atoms with E-state index in [1.54, 1.807) is 0 Å². The fraction of sp³-hybridized carbons (Fsp3) is 0.667. The van der Waals surface area contributed by atoms with Crippen LogP contribution in [0.15, 0.2) is 29.3 Å². The largest absolute Gasteiger partial charge is 0.357 e. The van der Waals surface area contributed by atoms with Gasteiger partial charge in [0.05, 0.1) is 6.54 Å². The highest BCUT2D eigenvalue weighted by atomic mass is 16.1. The van der Waals surface area contributed by atoms with Gasteiger partial charge in [0.2, 0.25) is 0 Å². The molecular weight excluding hydrogens is 374 g/mol. The lowest BCUT2D eigenvalue weighted by atomic mass is 9.98. The monoisotopic (exact) mass is 415 g/mol. The fourth-order valence-electron chi connectivity index (χ4n) is 3.65. The number of carbonyl (C=O) groups is 1. The molecule has 1 saturated heterocycles. The molecule has 2 rings (SSSR count). The predicted octanol–water partition coefficient (Wildman–Crippen LogP) is 3.53. The third kappa shape index (κ3) is 7.98. The fourth-order valence-corrected chi connectivity index (χ4v) is 3.65. The van der Waals surface area contributed by atoms with E-state index in [1.807, 2.05) is 45.0 Å². The van der Waals surface area contributed by atoms with Crippen molar-refractivity contribution >= 4 is 11.9 Å². The van der Waals surface area contributed by atoms with Crippen molar-refractivity contribution in [3.05, 3.63) is 35.4 Å². The highest BCUT2D eigenvalue weighted by Gasteiger charge is 2.27. The summed E-state index contributed by atoms with van der Waals surface area (Å²) in [6, 6.07) is 7.70. The number of guanidine groups is 1. The average molecular weight is 416 g/mol. The Morgan fingerprint density at radius 2 is 1.77 bits per heavy atom. The van der Waals surface area contributed by atoms with E-state index in [-0.39, 0.29) is 17.0 Å². The SMILES string of the molecule is CCNC(=NCc1cccc(C(=O)NC(C)(C)C)c1)NCC(C)(C)N1CCCCC1. The zero-order chi connectivity index (χ0) is 22.2. The van der Waals surface area contributed by atoms with Crippen molar-refractivity contribution < 1.29 is 4.79 Å². The summed E-state index contributed by atoms with van der Waals surface area (Å²) in [5, 5.41) is 9.86. The summed E-state index contributed by atoms with van der Waals surface area (Å²) in [6.45, 7) is 17.1. The van der Waals surface area contributed by atoms with Gasteiger partial charge in [0, 0.05) is 29.7 Å². The Bertz CT molecular complexity index is 715. The van der Waals surface area contributed by atoms with Crippen LogP contribution in [0.2, 0.25) is 0 Å². The predicted molar refractivity (Wildman–Crippen MR) is 126 cm³/mol. The van der Waals surface area contributed by atoms with E-state index in [0.717, 1.165) is 24.6 Å². The second-order valence-electron chi connectivity index (χ2n) is 9.81. The van der Waals surface area contributed by atoms with Gasteiger partial charge in [-0.05, 0) is 85.2 Å². The third-order valence-electron chi connectivity index (χ3n) is 5.34. The van der Waals surface area contributed by atoms with Crippen LogP contribution >= 0.6 is 0 Å². The van der Waals surface area contributed by atoms with E-state index in [4.69, 9.17) is 4.99 Å². The molecule has 0 bridgehead atoms. The van der Waals surface area contributed by atoms with Gasteiger partial charge in [-0.1, -0.05) is 18.6 Å². The number of likely N-dealkylation sites (tertiary alicyclic amines) is 1. The first-order chi connectivity index (χ1) is 14.1. The van der Waals surface area contributed by atoms with Crippen LogP contribution in [-0.4, -0.2) is 54.0 Å². The molecule has 1 aromatic rings. The molecule has 0 aliphatic carbocycles. The van der Waals surface area contributed by atoms with Crippen molar-refractivity contribution in [2.75, 3.05) is 26.2 Å². The van der Waals surface area contributed by atoms with Gasteiger partial charge in [-0.25, -0.2) is 4.99 Å². The van der Waals surface area contributed by atoms with Crippen LogP contribution in [0.1, 0.15) is 76.7 Å². The number of hydrogen-bond donors (Lipinski definition) is 3. The molecule has 0 aromatic heterocycles. The van der Waals surface area contributed by atoms with Crippen molar-refractivity contribution in [3.63, 3.8) is 0 Å². The van der Waals surface area contributed by atoms with E-state index in [9.17, 15) is 4.79 Å². The Morgan fingerprint density at radius 1 is 1.07 bits per heavy atom. The first kappa shape index (κ1) is 24.2. The number of nitrogens with zero attached hydrogens (tertiary/aromatic N) is 2. The highest BCUT2D eigenvalue weighted by molar-refractivity contribution is 5.94. The van der Waals surface area contributed by atoms with Crippen molar-refractivity contribution in [2.45, 2.75) is 78.4 Å². The Hall–Kier alpha value is -2.08. The number of piperidine rings is 1. The molecule has 168 valence electrons. The van der Waals surface area contributed by atoms with Crippen molar-refractivity contribution in [3.8, 4) is 0 Å². The summed E-state index contributed by atoms with van der Waals surface area (Å²) in [5.41, 5.74) is 1.52. The molecule has 0 unspecified atom stereocenters. The van der Waals surface area contributed by atoms with Crippen LogP contribution in [-0.2, 0) is 6.54 Å². The molecule has 3 N–H and O–H groups in total. The van der Waals surface area contributed by atoms with Crippen molar-refractivity contribution in [2.24, 2.45) is 4.99 Å². The van der Waals surface area contributed by atoms with Gasteiger partial charge in [-0.3, -0.25) is 9.69 Å². The van der Waals surface area contributed by atoms with Crippen LogP contribution in [0, 0.1) is 0 Å². The number of aliphatic imine (C=N–C) groups is 1. The standard InChI is InChI=1S/C24H41N5O/c1-7-25-22(27-18-24(5,6)29-14-9-8-10-15-29)26-17-19-12-11-13-20(16-19)21(30)28-23(2,3)4/h11-13,16H,7-10,14-15,17-18H2,1-6H3,(H,28,30)(H2,25,26,27). The van der Waals surface area contributed by atoms with Gasteiger partial charge in [-0.15, -0.1) is 0 Å². The molecule has 1 fully saturated rings. The Balaban J connectivity index is 2.00. The number of hydrogen-bond acceptors (Lipinski definition) is 3. The first-order valence-corrected chi connectivity index (χ1v) is 11.3. The first-order valence-electron chi connectivity index (χ1n) is 11.3.